The molecule has 1 aromatic rings. The van der Waals surface area contributed by atoms with Crippen LogP contribution in [0.25, 0.3) is 6.08 Å². The van der Waals surface area contributed by atoms with E-state index in [9.17, 15) is 4.79 Å². The molecule has 0 radical (unpaired) electrons. The van der Waals surface area contributed by atoms with Crippen LogP contribution < -0.4 is 4.90 Å². The molecule has 1 fully saturated rings. The summed E-state index contributed by atoms with van der Waals surface area (Å²) in [6.07, 6.45) is 7.97. The topological polar surface area (TPSA) is 40.5 Å². The minimum Gasteiger partial charge on any atom is -0.478 e. The van der Waals surface area contributed by atoms with Crippen LogP contribution >= 0.6 is 0 Å². The molecular formula is C15H19NO2. The maximum atomic E-state index is 10.4. The van der Waals surface area contributed by atoms with Gasteiger partial charge in [-0.25, -0.2) is 4.79 Å². The third kappa shape index (κ3) is 3.62. The quantitative estimate of drug-likeness (QED) is 0.831. The SMILES string of the molecule is O=C(O)/C=C\c1ccc(N2CCCCCC2)cc1. The molecule has 0 atom stereocenters. The zero-order chi connectivity index (χ0) is 12.8. The van der Waals surface area contributed by atoms with E-state index in [4.69, 9.17) is 5.11 Å². The summed E-state index contributed by atoms with van der Waals surface area (Å²) in [6, 6.07) is 8.10. The molecule has 2 rings (SSSR count). The van der Waals surface area contributed by atoms with Crippen molar-refractivity contribution in [3.8, 4) is 0 Å². The van der Waals surface area contributed by atoms with Crippen LogP contribution in [0.4, 0.5) is 5.69 Å². The maximum Gasteiger partial charge on any atom is 0.328 e. The van der Waals surface area contributed by atoms with Crippen molar-refractivity contribution in [3.63, 3.8) is 0 Å². The summed E-state index contributed by atoms with van der Waals surface area (Å²) in [5.41, 5.74) is 2.17. The number of carbonyl (C=O) groups is 1. The fourth-order valence-electron chi connectivity index (χ4n) is 2.29. The average Bonchev–Trinajstić information content (AvgIpc) is 2.66. The van der Waals surface area contributed by atoms with E-state index >= 15 is 0 Å². The summed E-state index contributed by atoms with van der Waals surface area (Å²) >= 11 is 0. The molecule has 3 nitrogen and oxygen atoms in total. The second-order valence-corrected chi connectivity index (χ2v) is 4.66. The maximum absolute atomic E-state index is 10.4. The molecule has 1 aromatic carbocycles. The lowest BCUT2D eigenvalue weighted by Gasteiger charge is -2.22. The highest BCUT2D eigenvalue weighted by atomic mass is 16.4. The molecule has 0 aliphatic carbocycles. The molecule has 0 unspecified atom stereocenters. The van der Waals surface area contributed by atoms with Crippen molar-refractivity contribution in [1.29, 1.82) is 0 Å². The van der Waals surface area contributed by atoms with E-state index in [1.54, 1.807) is 6.08 Å². The average molecular weight is 245 g/mol. The van der Waals surface area contributed by atoms with Crippen molar-refractivity contribution >= 4 is 17.7 Å². The Morgan fingerprint density at radius 3 is 2.22 bits per heavy atom. The van der Waals surface area contributed by atoms with Gasteiger partial charge in [-0.05, 0) is 36.6 Å². The zero-order valence-electron chi connectivity index (χ0n) is 10.5. The van der Waals surface area contributed by atoms with Gasteiger partial charge < -0.3 is 10.0 Å². The molecule has 1 aliphatic rings. The van der Waals surface area contributed by atoms with Crippen LogP contribution in [0.15, 0.2) is 30.3 Å². The second-order valence-electron chi connectivity index (χ2n) is 4.66. The molecule has 96 valence electrons. The number of nitrogens with zero attached hydrogens (tertiary/aromatic N) is 1. The van der Waals surface area contributed by atoms with Gasteiger partial charge >= 0.3 is 5.97 Å². The summed E-state index contributed by atoms with van der Waals surface area (Å²) in [4.78, 5) is 12.8. The van der Waals surface area contributed by atoms with Crippen LogP contribution in [0.2, 0.25) is 0 Å². The molecule has 18 heavy (non-hydrogen) atoms. The smallest absolute Gasteiger partial charge is 0.328 e. The summed E-state index contributed by atoms with van der Waals surface area (Å²) in [7, 11) is 0. The molecular weight excluding hydrogens is 226 g/mol. The number of rotatable bonds is 3. The lowest BCUT2D eigenvalue weighted by molar-refractivity contribution is -0.131. The molecule has 3 heteroatoms. The van der Waals surface area contributed by atoms with Gasteiger partial charge in [-0.1, -0.05) is 25.0 Å². The van der Waals surface area contributed by atoms with Crippen molar-refractivity contribution in [2.75, 3.05) is 18.0 Å². The first-order chi connectivity index (χ1) is 8.75. The van der Waals surface area contributed by atoms with Crippen molar-refractivity contribution in [1.82, 2.24) is 0 Å². The van der Waals surface area contributed by atoms with Crippen molar-refractivity contribution in [3.05, 3.63) is 35.9 Å². The van der Waals surface area contributed by atoms with Gasteiger partial charge in [0, 0.05) is 24.9 Å². The van der Waals surface area contributed by atoms with E-state index < -0.39 is 5.97 Å². The van der Waals surface area contributed by atoms with Crippen LogP contribution in [0.1, 0.15) is 31.2 Å². The number of hydrogen-bond donors (Lipinski definition) is 1. The van der Waals surface area contributed by atoms with E-state index in [0.717, 1.165) is 18.7 Å². The summed E-state index contributed by atoms with van der Waals surface area (Å²) in [5, 5.41) is 8.57. The van der Waals surface area contributed by atoms with Crippen LogP contribution in [-0.4, -0.2) is 24.2 Å². The fraction of sp³-hybridized carbons (Fsp3) is 0.400. The number of hydrogen-bond acceptors (Lipinski definition) is 2. The van der Waals surface area contributed by atoms with Gasteiger partial charge in [0.25, 0.3) is 0 Å². The highest BCUT2D eigenvalue weighted by molar-refractivity contribution is 5.85. The molecule has 0 bridgehead atoms. The molecule has 0 spiro atoms. The number of aliphatic carboxylic acids is 1. The Kier molecular flexibility index (Phi) is 4.40. The Labute approximate surface area is 108 Å². The van der Waals surface area contributed by atoms with Crippen LogP contribution in [0.5, 0.6) is 0 Å². The molecule has 1 saturated heterocycles. The largest absolute Gasteiger partial charge is 0.478 e. The Morgan fingerprint density at radius 1 is 1.06 bits per heavy atom. The second kappa shape index (κ2) is 6.24. The van der Waals surface area contributed by atoms with Crippen LogP contribution in [-0.2, 0) is 4.79 Å². The molecule has 0 saturated carbocycles. The van der Waals surface area contributed by atoms with E-state index in [-0.39, 0.29) is 0 Å². The summed E-state index contributed by atoms with van der Waals surface area (Å²) < 4.78 is 0. The highest BCUT2D eigenvalue weighted by Crippen LogP contribution is 2.20. The monoisotopic (exact) mass is 245 g/mol. The number of carboxylic acid groups (broad SMARTS) is 1. The Morgan fingerprint density at radius 2 is 1.67 bits per heavy atom. The third-order valence-corrected chi connectivity index (χ3v) is 3.28. The van der Waals surface area contributed by atoms with E-state index in [2.05, 4.69) is 17.0 Å². The highest BCUT2D eigenvalue weighted by Gasteiger charge is 2.09. The van der Waals surface area contributed by atoms with Crippen LogP contribution in [0.3, 0.4) is 0 Å². The van der Waals surface area contributed by atoms with Gasteiger partial charge in [-0.2, -0.15) is 0 Å². The lowest BCUT2D eigenvalue weighted by Crippen LogP contribution is -2.23. The van der Waals surface area contributed by atoms with Gasteiger partial charge in [0.05, 0.1) is 0 Å². The first-order valence-corrected chi connectivity index (χ1v) is 6.52. The Balaban J connectivity index is 2.04. The number of anilines is 1. The van der Waals surface area contributed by atoms with Crippen molar-refractivity contribution in [2.24, 2.45) is 0 Å². The van der Waals surface area contributed by atoms with E-state index in [0.29, 0.717) is 0 Å². The lowest BCUT2D eigenvalue weighted by atomic mass is 10.1. The minimum atomic E-state index is -0.911. The van der Waals surface area contributed by atoms with E-state index in [1.165, 1.54) is 37.4 Å². The normalized spacial score (nSPS) is 16.8. The Bertz CT molecular complexity index is 415. The van der Waals surface area contributed by atoms with E-state index in [1.807, 2.05) is 12.1 Å². The minimum absolute atomic E-state index is 0.911. The van der Waals surface area contributed by atoms with Crippen molar-refractivity contribution in [2.45, 2.75) is 25.7 Å². The van der Waals surface area contributed by atoms with Gasteiger partial charge in [0.1, 0.15) is 0 Å². The van der Waals surface area contributed by atoms with Gasteiger partial charge in [0.15, 0.2) is 0 Å². The molecule has 0 aromatic heterocycles. The standard InChI is InChI=1S/C15H19NO2/c17-15(18)10-7-13-5-8-14(9-6-13)16-11-3-1-2-4-12-16/h5-10H,1-4,11-12H2,(H,17,18)/b10-7-. The fourth-order valence-corrected chi connectivity index (χ4v) is 2.29. The first kappa shape index (κ1) is 12.7. The predicted octanol–water partition coefficient (Wildman–Crippen LogP) is 3.16. The third-order valence-electron chi connectivity index (χ3n) is 3.28. The van der Waals surface area contributed by atoms with Crippen molar-refractivity contribution < 1.29 is 9.90 Å². The summed E-state index contributed by atoms with van der Waals surface area (Å²) in [6.45, 7) is 2.26. The molecule has 1 N–H and O–H groups in total. The predicted molar refractivity (Wildman–Crippen MR) is 73.8 cm³/mol. The molecule has 1 heterocycles. The zero-order valence-corrected chi connectivity index (χ0v) is 10.5. The number of carboxylic acids is 1. The van der Waals surface area contributed by atoms with Gasteiger partial charge in [0.2, 0.25) is 0 Å². The molecule has 1 aliphatic heterocycles. The van der Waals surface area contributed by atoms with Gasteiger partial charge in [-0.3, -0.25) is 0 Å². The molecule has 0 amide bonds. The van der Waals surface area contributed by atoms with Gasteiger partial charge in [-0.15, -0.1) is 0 Å². The van der Waals surface area contributed by atoms with Crippen LogP contribution in [0, 0.1) is 0 Å². The first-order valence-electron chi connectivity index (χ1n) is 6.52. The number of benzene rings is 1. The Hall–Kier alpha value is -1.77. The summed E-state index contributed by atoms with van der Waals surface area (Å²) in [5.74, 6) is -0.911.